The molecule has 5 heteroatoms. The Labute approximate surface area is 101 Å². The van der Waals surface area contributed by atoms with Gasteiger partial charge in [0.05, 0.1) is 0 Å². The maximum absolute atomic E-state index is 5.55. The first-order valence-corrected chi connectivity index (χ1v) is 5.86. The number of rotatable bonds is 4. The fourth-order valence-electron chi connectivity index (χ4n) is 1.73. The van der Waals surface area contributed by atoms with Gasteiger partial charge in [0, 0.05) is 19.3 Å². The molecular formula is C11H16N4S. The van der Waals surface area contributed by atoms with Gasteiger partial charge in [-0.2, -0.15) is 0 Å². The van der Waals surface area contributed by atoms with E-state index in [1.807, 2.05) is 7.05 Å². The standard InChI is InChI=1S/C11H16N4S/c1-7(8-3-4-8)15(2)11-13-6-5-9(14-11)10(12)16/h5-8H,3-4H2,1-2H3,(H2,12,16). The Bertz CT molecular complexity index is 403. The number of aromatic nitrogens is 2. The van der Waals surface area contributed by atoms with E-state index in [1.165, 1.54) is 12.8 Å². The Balaban J connectivity index is 2.18. The molecule has 1 unspecified atom stereocenters. The summed E-state index contributed by atoms with van der Waals surface area (Å²) in [6, 6.07) is 2.21. The van der Waals surface area contributed by atoms with E-state index in [-0.39, 0.29) is 0 Å². The van der Waals surface area contributed by atoms with Gasteiger partial charge in [0.15, 0.2) is 0 Å². The molecule has 1 aliphatic rings. The molecule has 86 valence electrons. The minimum atomic E-state index is 0.316. The van der Waals surface area contributed by atoms with Crippen LogP contribution in [0.5, 0.6) is 0 Å². The van der Waals surface area contributed by atoms with Crippen molar-refractivity contribution in [3.05, 3.63) is 18.0 Å². The number of hydrogen-bond donors (Lipinski definition) is 1. The number of thiocarbonyl (C=S) groups is 1. The molecule has 0 radical (unpaired) electrons. The molecule has 0 saturated heterocycles. The average molecular weight is 236 g/mol. The highest BCUT2D eigenvalue weighted by Crippen LogP contribution is 2.35. The minimum Gasteiger partial charge on any atom is -0.388 e. The van der Waals surface area contributed by atoms with Crippen LogP contribution in [0.2, 0.25) is 0 Å². The van der Waals surface area contributed by atoms with Crippen molar-refractivity contribution in [2.75, 3.05) is 11.9 Å². The van der Waals surface area contributed by atoms with Crippen molar-refractivity contribution in [3.63, 3.8) is 0 Å². The molecule has 0 aliphatic heterocycles. The second-order valence-corrected chi connectivity index (χ2v) is 4.73. The molecular weight excluding hydrogens is 220 g/mol. The molecule has 0 bridgehead atoms. The fraction of sp³-hybridized carbons (Fsp3) is 0.545. The molecule has 1 atom stereocenters. The molecule has 1 fully saturated rings. The summed E-state index contributed by atoms with van der Waals surface area (Å²) in [5, 5.41) is 0. The predicted molar refractivity (Wildman–Crippen MR) is 68.5 cm³/mol. The molecule has 2 N–H and O–H groups in total. The monoisotopic (exact) mass is 236 g/mol. The van der Waals surface area contributed by atoms with Gasteiger partial charge in [-0.3, -0.25) is 0 Å². The zero-order valence-corrected chi connectivity index (χ0v) is 10.4. The summed E-state index contributed by atoms with van der Waals surface area (Å²) in [5.74, 6) is 1.48. The van der Waals surface area contributed by atoms with Gasteiger partial charge in [-0.25, -0.2) is 9.97 Å². The van der Waals surface area contributed by atoms with Crippen LogP contribution in [-0.4, -0.2) is 28.0 Å². The lowest BCUT2D eigenvalue weighted by atomic mass is 10.2. The van der Waals surface area contributed by atoms with Gasteiger partial charge < -0.3 is 10.6 Å². The Kier molecular flexibility index (Phi) is 3.05. The topological polar surface area (TPSA) is 55.0 Å². The van der Waals surface area contributed by atoms with Crippen LogP contribution in [0.15, 0.2) is 12.3 Å². The molecule has 1 heterocycles. The smallest absolute Gasteiger partial charge is 0.225 e. The SMILES string of the molecule is CC(C1CC1)N(C)c1nccc(C(N)=S)n1. The molecule has 0 amide bonds. The lowest BCUT2D eigenvalue weighted by Crippen LogP contribution is -2.32. The van der Waals surface area contributed by atoms with E-state index in [4.69, 9.17) is 18.0 Å². The summed E-state index contributed by atoms with van der Waals surface area (Å²) >= 11 is 4.91. The first-order valence-electron chi connectivity index (χ1n) is 5.45. The van der Waals surface area contributed by atoms with Gasteiger partial charge in [-0.15, -0.1) is 0 Å². The Hall–Kier alpha value is -1.23. The highest BCUT2D eigenvalue weighted by molar-refractivity contribution is 7.80. The van der Waals surface area contributed by atoms with Crippen LogP contribution < -0.4 is 10.6 Å². The van der Waals surface area contributed by atoms with Crippen molar-refractivity contribution in [3.8, 4) is 0 Å². The van der Waals surface area contributed by atoms with Crippen molar-refractivity contribution >= 4 is 23.2 Å². The summed E-state index contributed by atoms with van der Waals surface area (Å²) in [5.41, 5.74) is 6.19. The first kappa shape index (κ1) is 11.3. The van der Waals surface area contributed by atoms with Crippen LogP contribution in [0, 0.1) is 5.92 Å². The zero-order valence-electron chi connectivity index (χ0n) is 9.55. The third-order valence-electron chi connectivity index (χ3n) is 3.13. The predicted octanol–water partition coefficient (Wildman–Crippen LogP) is 1.35. The van der Waals surface area contributed by atoms with E-state index in [9.17, 15) is 0 Å². The third-order valence-corrected chi connectivity index (χ3v) is 3.34. The van der Waals surface area contributed by atoms with Crippen LogP contribution in [0.4, 0.5) is 5.95 Å². The van der Waals surface area contributed by atoms with Gasteiger partial charge in [0.25, 0.3) is 0 Å². The van der Waals surface area contributed by atoms with E-state index < -0.39 is 0 Å². The number of nitrogens with two attached hydrogens (primary N) is 1. The summed E-state index contributed by atoms with van der Waals surface area (Å²) < 4.78 is 0. The van der Waals surface area contributed by atoms with E-state index in [0.717, 1.165) is 5.92 Å². The summed E-state index contributed by atoms with van der Waals surface area (Å²) in [6.45, 7) is 2.20. The zero-order chi connectivity index (χ0) is 11.7. The summed E-state index contributed by atoms with van der Waals surface area (Å²) in [6.07, 6.45) is 4.31. The quantitative estimate of drug-likeness (QED) is 0.800. The minimum absolute atomic E-state index is 0.316. The Morgan fingerprint density at radius 1 is 1.62 bits per heavy atom. The van der Waals surface area contributed by atoms with Crippen LogP contribution >= 0.6 is 12.2 Å². The molecule has 4 nitrogen and oxygen atoms in total. The maximum atomic E-state index is 5.55. The highest BCUT2D eigenvalue weighted by Gasteiger charge is 2.31. The Morgan fingerprint density at radius 3 is 2.88 bits per heavy atom. The van der Waals surface area contributed by atoms with Gasteiger partial charge in [0.2, 0.25) is 5.95 Å². The molecule has 1 saturated carbocycles. The van der Waals surface area contributed by atoms with Crippen molar-refractivity contribution in [2.24, 2.45) is 11.7 Å². The van der Waals surface area contributed by atoms with Gasteiger partial charge in [-0.1, -0.05) is 12.2 Å². The average Bonchev–Trinajstić information content (AvgIpc) is 3.11. The summed E-state index contributed by atoms with van der Waals surface area (Å²) in [4.78, 5) is 11.0. The fourth-order valence-corrected chi connectivity index (χ4v) is 1.85. The van der Waals surface area contributed by atoms with Gasteiger partial charge in [-0.05, 0) is 31.7 Å². The largest absolute Gasteiger partial charge is 0.388 e. The summed E-state index contributed by atoms with van der Waals surface area (Å²) in [7, 11) is 2.02. The molecule has 0 aromatic carbocycles. The first-order chi connectivity index (χ1) is 7.59. The van der Waals surface area contributed by atoms with Gasteiger partial charge >= 0.3 is 0 Å². The van der Waals surface area contributed by atoms with E-state index in [2.05, 4.69) is 21.8 Å². The van der Waals surface area contributed by atoms with Gasteiger partial charge in [0.1, 0.15) is 10.7 Å². The van der Waals surface area contributed by atoms with Crippen LogP contribution in [0.3, 0.4) is 0 Å². The van der Waals surface area contributed by atoms with Crippen molar-refractivity contribution in [2.45, 2.75) is 25.8 Å². The van der Waals surface area contributed by atoms with E-state index in [0.29, 0.717) is 22.7 Å². The number of nitrogens with zero attached hydrogens (tertiary/aromatic N) is 3. The Morgan fingerprint density at radius 2 is 2.31 bits per heavy atom. The molecule has 16 heavy (non-hydrogen) atoms. The van der Waals surface area contributed by atoms with Crippen molar-refractivity contribution < 1.29 is 0 Å². The van der Waals surface area contributed by atoms with E-state index in [1.54, 1.807) is 12.3 Å². The highest BCUT2D eigenvalue weighted by atomic mass is 32.1. The van der Waals surface area contributed by atoms with Crippen LogP contribution in [-0.2, 0) is 0 Å². The molecule has 1 aliphatic carbocycles. The lowest BCUT2D eigenvalue weighted by molar-refractivity contribution is 0.597. The number of hydrogen-bond acceptors (Lipinski definition) is 4. The van der Waals surface area contributed by atoms with E-state index >= 15 is 0 Å². The van der Waals surface area contributed by atoms with Crippen molar-refractivity contribution in [1.29, 1.82) is 0 Å². The second-order valence-electron chi connectivity index (χ2n) is 4.30. The molecule has 1 aromatic heterocycles. The van der Waals surface area contributed by atoms with Crippen molar-refractivity contribution in [1.82, 2.24) is 9.97 Å². The number of anilines is 1. The second kappa shape index (κ2) is 4.33. The molecule has 0 spiro atoms. The van der Waals surface area contributed by atoms with Crippen LogP contribution in [0.1, 0.15) is 25.5 Å². The molecule has 2 rings (SSSR count). The lowest BCUT2D eigenvalue weighted by Gasteiger charge is -2.24. The molecule has 1 aromatic rings. The maximum Gasteiger partial charge on any atom is 0.225 e. The normalized spacial score (nSPS) is 16.9. The third kappa shape index (κ3) is 2.29. The van der Waals surface area contributed by atoms with Crippen LogP contribution in [0.25, 0.3) is 0 Å².